The van der Waals surface area contributed by atoms with Crippen LogP contribution in [0.2, 0.25) is 0 Å². The van der Waals surface area contributed by atoms with Gasteiger partial charge in [-0.3, -0.25) is 4.98 Å². The van der Waals surface area contributed by atoms with Gasteiger partial charge in [0.15, 0.2) is 5.75 Å². The van der Waals surface area contributed by atoms with Crippen molar-refractivity contribution >= 4 is 11.0 Å². The number of imidazole rings is 1. The molecule has 0 saturated carbocycles. The lowest BCUT2D eigenvalue weighted by atomic mass is 10.0. The van der Waals surface area contributed by atoms with Crippen LogP contribution in [0.1, 0.15) is 23.2 Å². The van der Waals surface area contributed by atoms with Crippen LogP contribution in [-0.2, 0) is 0 Å². The predicted molar refractivity (Wildman–Crippen MR) is 92.6 cm³/mol. The number of benzene rings is 1. The van der Waals surface area contributed by atoms with E-state index in [1.165, 1.54) is 0 Å². The van der Waals surface area contributed by atoms with E-state index in [9.17, 15) is 0 Å². The molecule has 25 heavy (non-hydrogen) atoms. The van der Waals surface area contributed by atoms with Gasteiger partial charge >= 0.3 is 0 Å². The molecule has 0 amide bonds. The van der Waals surface area contributed by atoms with Gasteiger partial charge in [0.05, 0.1) is 28.8 Å². The summed E-state index contributed by atoms with van der Waals surface area (Å²) in [7, 11) is 0. The molecule has 6 heteroatoms. The Balaban J connectivity index is 1.75. The molecule has 0 fully saturated rings. The third-order valence-corrected chi connectivity index (χ3v) is 4.74. The van der Waals surface area contributed by atoms with E-state index in [1.807, 2.05) is 50.5 Å². The highest BCUT2D eigenvalue weighted by Gasteiger charge is 2.29. The van der Waals surface area contributed by atoms with Gasteiger partial charge in [0.25, 0.3) is 0 Å². The van der Waals surface area contributed by atoms with Crippen LogP contribution >= 0.6 is 0 Å². The Hall–Kier alpha value is -3.15. The molecule has 0 spiro atoms. The average molecular weight is 332 g/mol. The minimum atomic E-state index is 0.0126. The SMILES string of the molecule is Cc1noc(C)c1-c1ccc2ncn3c2c1OC[C@H]3c1ccccn1. The maximum Gasteiger partial charge on any atom is 0.153 e. The maximum absolute atomic E-state index is 6.22. The van der Waals surface area contributed by atoms with E-state index in [1.54, 1.807) is 6.20 Å². The summed E-state index contributed by atoms with van der Waals surface area (Å²) in [6.45, 7) is 4.37. The second-order valence-electron chi connectivity index (χ2n) is 6.24. The Kier molecular flexibility index (Phi) is 2.94. The van der Waals surface area contributed by atoms with Crippen LogP contribution in [0.4, 0.5) is 0 Å². The molecule has 1 aliphatic heterocycles. The van der Waals surface area contributed by atoms with Crippen LogP contribution < -0.4 is 4.74 Å². The third kappa shape index (κ3) is 2.00. The number of nitrogens with zero attached hydrogens (tertiary/aromatic N) is 4. The van der Waals surface area contributed by atoms with E-state index in [0.29, 0.717) is 6.61 Å². The summed E-state index contributed by atoms with van der Waals surface area (Å²) in [5.74, 6) is 1.62. The van der Waals surface area contributed by atoms with Crippen molar-refractivity contribution < 1.29 is 9.26 Å². The number of rotatable bonds is 2. The molecule has 0 N–H and O–H groups in total. The first kappa shape index (κ1) is 14.2. The van der Waals surface area contributed by atoms with Gasteiger partial charge in [-0.1, -0.05) is 11.2 Å². The molecular formula is C19H16N4O2. The van der Waals surface area contributed by atoms with Gasteiger partial charge in [-0.15, -0.1) is 0 Å². The lowest BCUT2D eigenvalue weighted by Gasteiger charge is -2.26. The standard InChI is InChI=1S/C19H16N4O2/c1-11-17(12(2)25-22-11)13-6-7-15-18-19(13)24-9-16(23(18)10-21-15)14-5-3-4-8-20-14/h3-8,10,16H,9H2,1-2H3/t16-/m0/s1. The first-order chi connectivity index (χ1) is 12.2. The van der Waals surface area contributed by atoms with Crippen LogP contribution in [0.5, 0.6) is 5.75 Å². The second kappa shape index (κ2) is 5.17. The molecule has 0 saturated heterocycles. The predicted octanol–water partition coefficient (Wildman–Crippen LogP) is 3.68. The van der Waals surface area contributed by atoms with Crippen molar-refractivity contribution in [2.45, 2.75) is 19.9 Å². The van der Waals surface area contributed by atoms with Gasteiger partial charge in [0.2, 0.25) is 0 Å². The monoisotopic (exact) mass is 332 g/mol. The highest BCUT2D eigenvalue weighted by molar-refractivity contribution is 5.92. The van der Waals surface area contributed by atoms with Crippen molar-refractivity contribution in [2.24, 2.45) is 0 Å². The van der Waals surface area contributed by atoms with Crippen molar-refractivity contribution in [1.82, 2.24) is 19.7 Å². The third-order valence-electron chi connectivity index (χ3n) is 4.74. The molecule has 1 aromatic carbocycles. The minimum absolute atomic E-state index is 0.0126. The first-order valence-electron chi connectivity index (χ1n) is 8.20. The molecule has 4 heterocycles. The zero-order valence-corrected chi connectivity index (χ0v) is 13.9. The Morgan fingerprint density at radius 3 is 2.80 bits per heavy atom. The van der Waals surface area contributed by atoms with E-state index in [0.717, 1.165) is 45.1 Å². The van der Waals surface area contributed by atoms with Crippen LogP contribution in [0.25, 0.3) is 22.2 Å². The van der Waals surface area contributed by atoms with Crippen molar-refractivity contribution in [3.63, 3.8) is 0 Å². The fourth-order valence-corrected chi connectivity index (χ4v) is 3.59. The van der Waals surface area contributed by atoms with Gasteiger partial charge in [0, 0.05) is 11.8 Å². The Morgan fingerprint density at radius 2 is 2.04 bits per heavy atom. The molecule has 6 nitrogen and oxygen atoms in total. The van der Waals surface area contributed by atoms with Crippen LogP contribution in [0, 0.1) is 13.8 Å². The van der Waals surface area contributed by atoms with Crippen LogP contribution in [0.15, 0.2) is 47.4 Å². The molecule has 5 rings (SSSR count). The Labute approximate surface area is 144 Å². The Bertz CT molecular complexity index is 1060. The van der Waals surface area contributed by atoms with Crippen molar-refractivity contribution in [3.8, 4) is 16.9 Å². The molecule has 124 valence electrons. The molecule has 0 bridgehead atoms. The highest BCUT2D eigenvalue weighted by Crippen LogP contribution is 2.43. The number of hydrogen-bond donors (Lipinski definition) is 0. The molecule has 1 atom stereocenters. The fourth-order valence-electron chi connectivity index (χ4n) is 3.59. The second-order valence-corrected chi connectivity index (χ2v) is 6.24. The van der Waals surface area contributed by atoms with Crippen molar-refractivity contribution in [2.75, 3.05) is 6.61 Å². The van der Waals surface area contributed by atoms with Crippen LogP contribution in [0.3, 0.4) is 0 Å². The highest BCUT2D eigenvalue weighted by atomic mass is 16.5. The van der Waals surface area contributed by atoms with E-state index in [4.69, 9.17) is 9.26 Å². The van der Waals surface area contributed by atoms with E-state index >= 15 is 0 Å². The average Bonchev–Trinajstić information content (AvgIpc) is 3.22. The quantitative estimate of drug-likeness (QED) is 0.560. The molecule has 0 radical (unpaired) electrons. The van der Waals surface area contributed by atoms with Gasteiger partial charge in [-0.25, -0.2) is 4.98 Å². The number of ether oxygens (including phenoxy) is 1. The fraction of sp³-hybridized carbons (Fsp3) is 0.211. The van der Waals surface area contributed by atoms with Gasteiger partial charge < -0.3 is 13.8 Å². The number of aryl methyl sites for hydroxylation is 2. The van der Waals surface area contributed by atoms with Gasteiger partial charge in [0.1, 0.15) is 23.9 Å². The molecular weight excluding hydrogens is 316 g/mol. The topological polar surface area (TPSA) is 66.0 Å². The van der Waals surface area contributed by atoms with E-state index in [2.05, 4.69) is 19.7 Å². The van der Waals surface area contributed by atoms with E-state index < -0.39 is 0 Å². The smallest absolute Gasteiger partial charge is 0.153 e. The zero-order chi connectivity index (χ0) is 17.0. The summed E-state index contributed by atoms with van der Waals surface area (Å²) in [5, 5.41) is 4.08. The summed E-state index contributed by atoms with van der Waals surface area (Å²) >= 11 is 0. The Morgan fingerprint density at radius 1 is 1.12 bits per heavy atom. The number of pyridine rings is 1. The lowest BCUT2D eigenvalue weighted by molar-refractivity contribution is 0.257. The zero-order valence-electron chi connectivity index (χ0n) is 13.9. The van der Waals surface area contributed by atoms with Crippen molar-refractivity contribution in [3.05, 3.63) is 60.0 Å². The lowest BCUT2D eigenvalue weighted by Crippen LogP contribution is -2.23. The largest absolute Gasteiger partial charge is 0.488 e. The summed E-state index contributed by atoms with van der Waals surface area (Å²) < 4.78 is 13.7. The molecule has 0 aliphatic carbocycles. The molecule has 1 aliphatic rings. The molecule has 3 aromatic heterocycles. The summed E-state index contributed by atoms with van der Waals surface area (Å²) in [4.78, 5) is 9.04. The van der Waals surface area contributed by atoms with Crippen molar-refractivity contribution in [1.29, 1.82) is 0 Å². The number of hydrogen-bond acceptors (Lipinski definition) is 5. The van der Waals surface area contributed by atoms with Gasteiger partial charge in [-0.2, -0.15) is 0 Å². The van der Waals surface area contributed by atoms with Crippen LogP contribution in [-0.4, -0.2) is 26.3 Å². The molecule has 0 unspecified atom stereocenters. The number of aromatic nitrogens is 4. The first-order valence-corrected chi connectivity index (χ1v) is 8.20. The van der Waals surface area contributed by atoms with Gasteiger partial charge in [-0.05, 0) is 38.1 Å². The molecule has 4 aromatic rings. The summed E-state index contributed by atoms with van der Waals surface area (Å²) in [5.41, 5.74) is 5.70. The van der Waals surface area contributed by atoms with E-state index in [-0.39, 0.29) is 6.04 Å². The maximum atomic E-state index is 6.22. The summed E-state index contributed by atoms with van der Waals surface area (Å²) in [6, 6.07) is 9.98. The normalized spacial score (nSPS) is 16.2. The minimum Gasteiger partial charge on any atom is -0.488 e. The summed E-state index contributed by atoms with van der Waals surface area (Å²) in [6.07, 6.45) is 3.67.